The smallest absolute Gasteiger partial charge is 0.261 e. The molecule has 2 heterocycles. The van der Waals surface area contributed by atoms with Crippen LogP contribution in [0.25, 0.3) is 0 Å². The molecule has 0 radical (unpaired) electrons. The van der Waals surface area contributed by atoms with Gasteiger partial charge in [0.1, 0.15) is 6.33 Å². The molecule has 2 aromatic heterocycles. The molecule has 0 aliphatic heterocycles. The fourth-order valence-electron chi connectivity index (χ4n) is 1.07. The predicted molar refractivity (Wildman–Crippen MR) is 48.4 cm³/mol. The van der Waals surface area contributed by atoms with E-state index in [1.807, 2.05) is 5.32 Å². The lowest BCUT2D eigenvalue weighted by molar-refractivity contribution is 0.102. The molecule has 0 aliphatic carbocycles. The Morgan fingerprint density at radius 1 is 1.35 bits per heavy atom. The lowest BCUT2D eigenvalue weighted by Crippen LogP contribution is -2.16. The molecule has 9 heteroatoms. The third kappa shape index (κ3) is 2.22. The van der Waals surface area contributed by atoms with Crippen molar-refractivity contribution in [3.05, 3.63) is 35.7 Å². The van der Waals surface area contributed by atoms with Gasteiger partial charge in [0.2, 0.25) is 11.9 Å². The quantitative estimate of drug-likeness (QED) is 0.766. The number of hydrogen-bond acceptors (Lipinski definition) is 4. The minimum Gasteiger partial charge on any atom is -0.289 e. The maximum atomic E-state index is 13.1. The van der Waals surface area contributed by atoms with E-state index in [1.165, 1.54) is 6.33 Å². The number of rotatable bonds is 2. The van der Waals surface area contributed by atoms with Crippen LogP contribution in [0.15, 0.2) is 12.4 Å². The highest BCUT2D eigenvalue weighted by Gasteiger charge is 2.19. The van der Waals surface area contributed by atoms with Gasteiger partial charge in [-0.25, -0.2) is 9.37 Å². The molecular weight excluding hydrogens is 239 g/mol. The van der Waals surface area contributed by atoms with Crippen molar-refractivity contribution >= 4 is 11.9 Å². The minimum absolute atomic E-state index is 0.146. The Kier molecular flexibility index (Phi) is 2.73. The SMILES string of the molecule is O=C(Nc1nc[nH]n1)c1cc(F)nc(F)c1F. The molecule has 0 spiro atoms. The Labute approximate surface area is 91.9 Å². The van der Waals surface area contributed by atoms with E-state index in [4.69, 9.17) is 0 Å². The van der Waals surface area contributed by atoms with Crippen LogP contribution in [-0.4, -0.2) is 26.1 Å². The van der Waals surface area contributed by atoms with E-state index in [9.17, 15) is 18.0 Å². The van der Waals surface area contributed by atoms with Crippen LogP contribution in [0.3, 0.4) is 0 Å². The van der Waals surface area contributed by atoms with Crippen LogP contribution in [0.5, 0.6) is 0 Å². The second-order valence-corrected chi connectivity index (χ2v) is 2.87. The molecule has 0 saturated carbocycles. The van der Waals surface area contributed by atoms with Gasteiger partial charge in [0.15, 0.2) is 5.82 Å². The second-order valence-electron chi connectivity index (χ2n) is 2.87. The van der Waals surface area contributed by atoms with E-state index in [-0.39, 0.29) is 5.95 Å². The van der Waals surface area contributed by atoms with E-state index in [1.54, 1.807) is 0 Å². The van der Waals surface area contributed by atoms with Crippen LogP contribution < -0.4 is 5.32 Å². The van der Waals surface area contributed by atoms with Crippen LogP contribution in [0.1, 0.15) is 10.4 Å². The molecule has 0 saturated heterocycles. The van der Waals surface area contributed by atoms with Gasteiger partial charge < -0.3 is 0 Å². The predicted octanol–water partition coefficient (Wildman–Crippen LogP) is 0.869. The molecule has 17 heavy (non-hydrogen) atoms. The molecule has 0 atom stereocenters. The number of pyridine rings is 1. The number of amides is 1. The third-order valence-corrected chi connectivity index (χ3v) is 1.77. The maximum Gasteiger partial charge on any atom is 0.261 e. The molecule has 0 unspecified atom stereocenters. The normalized spacial score (nSPS) is 10.3. The highest BCUT2D eigenvalue weighted by Crippen LogP contribution is 2.12. The number of carbonyl (C=O) groups is 1. The number of aromatic nitrogens is 4. The number of halogens is 3. The number of aromatic amines is 1. The zero-order valence-corrected chi connectivity index (χ0v) is 8.04. The number of nitrogens with zero attached hydrogens (tertiary/aromatic N) is 3. The summed E-state index contributed by atoms with van der Waals surface area (Å²) in [5.74, 6) is -5.76. The van der Waals surface area contributed by atoms with Crippen molar-refractivity contribution < 1.29 is 18.0 Å². The van der Waals surface area contributed by atoms with Gasteiger partial charge in [0.25, 0.3) is 11.9 Å². The van der Waals surface area contributed by atoms with Gasteiger partial charge in [-0.15, -0.1) is 5.10 Å². The summed E-state index contributed by atoms with van der Waals surface area (Å²) in [6, 6.07) is 0.473. The van der Waals surface area contributed by atoms with Crippen molar-refractivity contribution in [1.82, 2.24) is 20.2 Å². The lowest BCUT2D eigenvalue weighted by Gasteiger charge is -2.02. The number of nitrogens with one attached hydrogen (secondary N) is 2. The molecule has 1 amide bonds. The molecule has 88 valence electrons. The summed E-state index contributed by atoms with van der Waals surface area (Å²) in [6.45, 7) is 0. The first-order valence-corrected chi connectivity index (χ1v) is 4.26. The average Bonchev–Trinajstić information content (AvgIpc) is 2.76. The third-order valence-electron chi connectivity index (χ3n) is 1.77. The summed E-state index contributed by atoms with van der Waals surface area (Å²) in [6.07, 6.45) is 1.17. The van der Waals surface area contributed by atoms with Crippen molar-refractivity contribution in [3.63, 3.8) is 0 Å². The monoisotopic (exact) mass is 243 g/mol. The summed E-state index contributed by atoms with van der Waals surface area (Å²) >= 11 is 0. The van der Waals surface area contributed by atoms with Crippen LogP contribution in [0, 0.1) is 17.7 Å². The Morgan fingerprint density at radius 2 is 2.12 bits per heavy atom. The van der Waals surface area contributed by atoms with Crippen molar-refractivity contribution in [3.8, 4) is 0 Å². The standard InChI is InChI=1S/C8H4F3N5O/c9-4-1-3(5(10)6(11)14-4)7(17)15-8-12-2-13-16-8/h1-2H,(H2,12,13,15,16,17). The molecule has 2 N–H and O–H groups in total. The fraction of sp³-hybridized carbons (Fsp3) is 0. The van der Waals surface area contributed by atoms with E-state index in [2.05, 4.69) is 20.2 Å². The first-order chi connectivity index (χ1) is 8.08. The summed E-state index contributed by atoms with van der Waals surface area (Å²) in [5, 5.41) is 7.80. The molecule has 0 fully saturated rings. The van der Waals surface area contributed by atoms with Crippen LogP contribution >= 0.6 is 0 Å². The Morgan fingerprint density at radius 3 is 2.76 bits per heavy atom. The minimum atomic E-state index is -1.69. The van der Waals surface area contributed by atoms with E-state index in [0.717, 1.165) is 0 Å². The topological polar surface area (TPSA) is 83.6 Å². The van der Waals surface area contributed by atoms with Crippen LogP contribution in [0.4, 0.5) is 19.1 Å². The van der Waals surface area contributed by atoms with Crippen LogP contribution in [0.2, 0.25) is 0 Å². The number of H-pyrrole nitrogens is 1. The zero-order chi connectivity index (χ0) is 12.4. The van der Waals surface area contributed by atoms with E-state index < -0.39 is 29.2 Å². The Hall–Kier alpha value is -2.45. The van der Waals surface area contributed by atoms with Crippen molar-refractivity contribution in [2.75, 3.05) is 5.32 Å². The van der Waals surface area contributed by atoms with Gasteiger partial charge in [0.05, 0.1) is 5.56 Å². The molecule has 6 nitrogen and oxygen atoms in total. The fourth-order valence-corrected chi connectivity index (χ4v) is 1.07. The number of hydrogen-bond donors (Lipinski definition) is 2. The van der Waals surface area contributed by atoms with Crippen molar-refractivity contribution in [2.24, 2.45) is 0 Å². The molecule has 0 bridgehead atoms. The molecule has 0 aromatic carbocycles. The van der Waals surface area contributed by atoms with Crippen molar-refractivity contribution in [2.45, 2.75) is 0 Å². The van der Waals surface area contributed by atoms with E-state index in [0.29, 0.717) is 6.07 Å². The number of anilines is 1. The van der Waals surface area contributed by atoms with Gasteiger partial charge in [-0.2, -0.15) is 13.8 Å². The van der Waals surface area contributed by atoms with Gasteiger partial charge in [0, 0.05) is 6.07 Å². The average molecular weight is 243 g/mol. The highest BCUT2D eigenvalue weighted by molar-refractivity contribution is 6.03. The van der Waals surface area contributed by atoms with Gasteiger partial charge in [-0.1, -0.05) is 0 Å². The summed E-state index contributed by atoms with van der Waals surface area (Å²) in [7, 11) is 0. The maximum absolute atomic E-state index is 13.1. The first-order valence-electron chi connectivity index (χ1n) is 4.26. The Balaban J connectivity index is 2.31. The van der Waals surface area contributed by atoms with E-state index >= 15 is 0 Å². The number of carbonyl (C=O) groups excluding carboxylic acids is 1. The second kappa shape index (κ2) is 4.20. The van der Waals surface area contributed by atoms with Gasteiger partial charge >= 0.3 is 0 Å². The van der Waals surface area contributed by atoms with Crippen LogP contribution in [-0.2, 0) is 0 Å². The lowest BCUT2D eigenvalue weighted by atomic mass is 10.2. The summed E-state index contributed by atoms with van der Waals surface area (Å²) in [5.41, 5.74) is -0.820. The summed E-state index contributed by atoms with van der Waals surface area (Å²) < 4.78 is 38.6. The highest BCUT2D eigenvalue weighted by atomic mass is 19.2. The van der Waals surface area contributed by atoms with Gasteiger partial charge in [-0.3, -0.25) is 15.2 Å². The molecule has 2 rings (SSSR count). The molecule has 2 aromatic rings. The van der Waals surface area contributed by atoms with Gasteiger partial charge in [-0.05, 0) is 0 Å². The summed E-state index contributed by atoms with van der Waals surface area (Å²) in [4.78, 5) is 17.6. The molecule has 0 aliphatic rings. The first kappa shape index (κ1) is 11.0. The van der Waals surface area contributed by atoms with Crippen molar-refractivity contribution in [1.29, 1.82) is 0 Å². The Bertz CT molecular complexity index is 557. The largest absolute Gasteiger partial charge is 0.289 e. The zero-order valence-electron chi connectivity index (χ0n) is 8.04. The molecular formula is C8H4F3N5O.